The van der Waals surface area contributed by atoms with Crippen LogP contribution in [-0.2, 0) is 19.4 Å². The molecule has 0 bridgehead atoms. The Labute approximate surface area is 148 Å². The lowest BCUT2D eigenvalue weighted by atomic mass is 9.99. The van der Waals surface area contributed by atoms with Gasteiger partial charge in [0.15, 0.2) is 0 Å². The molecule has 0 aliphatic carbocycles. The molecule has 0 aromatic heterocycles. The molecule has 1 aromatic carbocycles. The van der Waals surface area contributed by atoms with E-state index in [0.29, 0.717) is 32.4 Å². The largest absolute Gasteiger partial charge is 0.354 e. The van der Waals surface area contributed by atoms with Crippen molar-refractivity contribution in [2.24, 2.45) is 5.92 Å². The molecule has 0 saturated carbocycles. The maximum Gasteiger partial charge on any atom is 0.239 e. The quantitative estimate of drug-likeness (QED) is 0.843. The molecule has 25 heavy (non-hydrogen) atoms. The highest BCUT2D eigenvalue weighted by molar-refractivity contribution is 7.91. The zero-order valence-corrected chi connectivity index (χ0v) is 15.0. The van der Waals surface area contributed by atoms with E-state index in [0.717, 1.165) is 5.56 Å². The van der Waals surface area contributed by atoms with Crippen LogP contribution in [0.25, 0.3) is 0 Å². The second-order valence-corrected chi connectivity index (χ2v) is 9.29. The standard InChI is InChI=1S/C18H24N2O4S/c21-17(19-11-14-6-8-25(23,24)9-7-14)13-20-12-16(10-18(20)22)15-4-2-1-3-5-15/h1-5,14,16H,6-13H2,(H,19,21)/t16-/m0/s1. The van der Waals surface area contributed by atoms with Crippen molar-refractivity contribution in [2.45, 2.75) is 25.2 Å². The van der Waals surface area contributed by atoms with Gasteiger partial charge in [-0.15, -0.1) is 0 Å². The number of rotatable bonds is 5. The third-order valence-electron chi connectivity index (χ3n) is 5.08. The summed E-state index contributed by atoms with van der Waals surface area (Å²) in [6, 6.07) is 9.89. The molecule has 2 aliphatic rings. The molecule has 136 valence electrons. The Morgan fingerprint density at radius 1 is 1.16 bits per heavy atom. The normalized spacial score (nSPS) is 23.6. The lowest BCUT2D eigenvalue weighted by molar-refractivity contribution is -0.133. The fourth-order valence-electron chi connectivity index (χ4n) is 3.50. The van der Waals surface area contributed by atoms with Gasteiger partial charge < -0.3 is 10.2 Å². The van der Waals surface area contributed by atoms with Gasteiger partial charge in [-0.25, -0.2) is 8.42 Å². The van der Waals surface area contributed by atoms with Crippen molar-refractivity contribution in [3.05, 3.63) is 35.9 Å². The molecule has 0 spiro atoms. The summed E-state index contributed by atoms with van der Waals surface area (Å²) in [6.07, 6.45) is 1.64. The van der Waals surface area contributed by atoms with E-state index in [2.05, 4.69) is 5.32 Å². The second-order valence-electron chi connectivity index (χ2n) is 6.99. The maximum absolute atomic E-state index is 12.2. The molecule has 6 nitrogen and oxygen atoms in total. The number of hydrogen-bond donors (Lipinski definition) is 1. The van der Waals surface area contributed by atoms with Gasteiger partial charge in [0.1, 0.15) is 9.84 Å². The first-order valence-electron chi connectivity index (χ1n) is 8.73. The van der Waals surface area contributed by atoms with E-state index in [1.807, 2.05) is 30.3 Å². The van der Waals surface area contributed by atoms with Crippen molar-refractivity contribution in [2.75, 3.05) is 31.1 Å². The van der Waals surface area contributed by atoms with Crippen LogP contribution in [0, 0.1) is 5.92 Å². The minimum Gasteiger partial charge on any atom is -0.354 e. The predicted octanol–water partition coefficient (Wildman–Crippen LogP) is 0.944. The molecule has 2 saturated heterocycles. The zero-order valence-electron chi connectivity index (χ0n) is 14.2. The Balaban J connectivity index is 1.44. The first kappa shape index (κ1) is 17.9. The first-order chi connectivity index (χ1) is 11.9. The molecule has 0 radical (unpaired) electrons. The summed E-state index contributed by atoms with van der Waals surface area (Å²) in [5.74, 6) is 0.598. The van der Waals surface area contributed by atoms with Crippen molar-refractivity contribution >= 4 is 21.7 Å². The fourth-order valence-corrected chi connectivity index (χ4v) is 5.09. The number of carbonyl (C=O) groups excluding carboxylic acids is 2. The van der Waals surface area contributed by atoms with E-state index >= 15 is 0 Å². The Morgan fingerprint density at radius 3 is 2.52 bits per heavy atom. The molecule has 3 rings (SSSR count). The summed E-state index contributed by atoms with van der Waals surface area (Å²) in [5, 5.41) is 2.85. The van der Waals surface area contributed by atoms with Crippen molar-refractivity contribution in [1.82, 2.24) is 10.2 Å². The first-order valence-corrected chi connectivity index (χ1v) is 10.5. The highest BCUT2D eigenvalue weighted by Crippen LogP contribution is 2.27. The number of nitrogens with one attached hydrogen (secondary N) is 1. The van der Waals surface area contributed by atoms with E-state index in [1.54, 1.807) is 4.90 Å². The Morgan fingerprint density at radius 2 is 1.84 bits per heavy atom. The minimum atomic E-state index is -2.88. The smallest absolute Gasteiger partial charge is 0.239 e. The molecule has 2 fully saturated rings. The summed E-state index contributed by atoms with van der Waals surface area (Å²) < 4.78 is 22.8. The van der Waals surface area contributed by atoms with Gasteiger partial charge in [-0.1, -0.05) is 30.3 Å². The molecule has 2 amide bonds. The summed E-state index contributed by atoms with van der Waals surface area (Å²) in [5.41, 5.74) is 1.13. The number of likely N-dealkylation sites (tertiary alicyclic amines) is 1. The van der Waals surface area contributed by atoms with Gasteiger partial charge in [0.2, 0.25) is 11.8 Å². The summed E-state index contributed by atoms with van der Waals surface area (Å²) in [7, 11) is -2.88. The molecule has 1 N–H and O–H groups in total. The van der Waals surface area contributed by atoms with Gasteiger partial charge >= 0.3 is 0 Å². The van der Waals surface area contributed by atoms with Gasteiger partial charge in [0, 0.05) is 25.4 Å². The van der Waals surface area contributed by atoms with Crippen LogP contribution < -0.4 is 5.32 Å². The van der Waals surface area contributed by atoms with Crippen LogP contribution in [0.5, 0.6) is 0 Å². The van der Waals surface area contributed by atoms with Crippen LogP contribution in [0.2, 0.25) is 0 Å². The van der Waals surface area contributed by atoms with Crippen molar-refractivity contribution in [3.63, 3.8) is 0 Å². The Hall–Kier alpha value is -1.89. The van der Waals surface area contributed by atoms with Crippen LogP contribution in [0.1, 0.15) is 30.7 Å². The maximum atomic E-state index is 12.2. The molecule has 1 atom stereocenters. The number of sulfone groups is 1. The van der Waals surface area contributed by atoms with Crippen LogP contribution in [0.4, 0.5) is 0 Å². The van der Waals surface area contributed by atoms with E-state index in [4.69, 9.17) is 0 Å². The van der Waals surface area contributed by atoms with Crippen LogP contribution >= 0.6 is 0 Å². The number of amides is 2. The molecule has 2 aliphatic heterocycles. The lowest BCUT2D eigenvalue weighted by Gasteiger charge is -2.23. The summed E-state index contributed by atoms with van der Waals surface area (Å²) in [4.78, 5) is 25.9. The third kappa shape index (κ3) is 4.81. The van der Waals surface area contributed by atoms with Gasteiger partial charge in [-0.05, 0) is 24.3 Å². The third-order valence-corrected chi connectivity index (χ3v) is 6.80. The molecule has 0 unspecified atom stereocenters. The summed E-state index contributed by atoms with van der Waals surface area (Å²) in [6.45, 7) is 1.13. The van der Waals surface area contributed by atoms with Crippen LogP contribution in [-0.4, -0.2) is 56.3 Å². The molecular formula is C18H24N2O4S. The van der Waals surface area contributed by atoms with Gasteiger partial charge in [-0.3, -0.25) is 9.59 Å². The molecule has 2 heterocycles. The van der Waals surface area contributed by atoms with Gasteiger partial charge in [0.05, 0.1) is 18.1 Å². The monoisotopic (exact) mass is 364 g/mol. The predicted molar refractivity (Wildman–Crippen MR) is 94.8 cm³/mol. The summed E-state index contributed by atoms with van der Waals surface area (Å²) >= 11 is 0. The van der Waals surface area contributed by atoms with Crippen molar-refractivity contribution in [3.8, 4) is 0 Å². The number of hydrogen-bond acceptors (Lipinski definition) is 4. The van der Waals surface area contributed by atoms with Crippen molar-refractivity contribution in [1.29, 1.82) is 0 Å². The van der Waals surface area contributed by atoms with E-state index in [-0.39, 0.29) is 41.7 Å². The minimum absolute atomic E-state index is 0.00719. The van der Waals surface area contributed by atoms with E-state index < -0.39 is 9.84 Å². The zero-order chi connectivity index (χ0) is 17.9. The topological polar surface area (TPSA) is 83.6 Å². The Bertz CT molecular complexity index is 719. The second kappa shape index (κ2) is 7.56. The van der Waals surface area contributed by atoms with Gasteiger partial charge in [0.25, 0.3) is 0 Å². The van der Waals surface area contributed by atoms with Crippen molar-refractivity contribution < 1.29 is 18.0 Å². The highest BCUT2D eigenvalue weighted by atomic mass is 32.2. The number of benzene rings is 1. The average molecular weight is 364 g/mol. The molecule has 7 heteroatoms. The van der Waals surface area contributed by atoms with E-state index in [9.17, 15) is 18.0 Å². The van der Waals surface area contributed by atoms with Crippen LogP contribution in [0.3, 0.4) is 0 Å². The highest BCUT2D eigenvalue weighted by Gasteiger charge is 2.31. The van der Waals surface area contributed by atoms with Crippen LogP contribution in [0.15, 0.2) is 30.3 Å². The molecule has 1 aromatic rings. The van der Waals surface area contributed by atoms with Gasteiger partial charge in [-0.2, -0.15) is 0 Å². The average Bonchev–Trinajstić information content (AvgIpc) is 2.95. The Kier molecular flexibility index (Phi) is 5.42. The SMILES string of the molecule is O=C(CN1C[C@@H](c2ccccc2)CC1=O)NCC1CCS(=O)(=O)CC1. The van der Waals surface area contributed by atoms with E-state index in [1.165, 1.54) is 0 Å². The fraction of sp³-hybridized carbons (Fsp3) is 0.556. The molecular weight excluding hydrogens is 340 g/mol. The number of nitrogens with zero attached hydrogens (tertiary/aromatic N) is 1. The number of carbonyl (C=O) groups is 2. The lowest BCUT2D eigenvalue weighted by Crippen LogP contribution is -2.41.